The summed E-state index contributed by atoms with van der Waals surface area (Å²) in [6, 6.07) is 12.4. The molecule has 1 N–H and O–H groups in total. The van der Waals surface area contributed by atoms with Gasteiger partial charge in [0.25, 0.3) is 0 Å². The summed E-state index contributed by atoms with van der Waals surface area (Å²) >= 11 is 12.5. The Morgan fingerprint density at radius 3 is 1.60 bits per heavy atom. The lowest BCUT2D eigenvalue weighted by atomic mass is 10.1. The first-order valence-electron chi connectivity index (χ1n) is 17.0. The summed E-state index contributed by atoms with van der Waals surface area (Å²) in [4.78, 5) is 23.7. The van der Waals surface area contributed by atoms with Gasteiger partial charge in [-0.3, -0.25) is 9.80 Å². The van der Waals surface area contributed by atoms with Crippen LogP contribution in [0.5, 0.6) is 0 Å². The topological polar surface area (TPSA) is 73.0 Å². The second kappa shape index (κ2) is 17.4. The molecule has 0 aliphatic carbocycles. The maximum atomic E-state index is 12.2. The lowest BCUT2D eigenvalue weighted by Crippen LogP contribution is -2.49. The smallest absolute Gasteiger partial charge is 0.410 e. The highest BCUT2D eigenvalue weighted by molar-refractivity contribution is 6.31. The molecule has 0 saturated carbocycles. The van der Waals surface area contributed by atoms with E-state index in [2.05, 4.69) is 49.2 Å². The second-order valence-electron chi connectivity index (χ2n) is 13.5. The minimum Gasteiger partial charge on any atom is -0.444 e. The Kier molecular flexibility index (Phi) is 13.3. The molecule has 1 amide bonds. The van der Waals surface area contributed by atoms with Gasteiger partial charge in [0.05, 0.1) is 26.4 Å². The van der Waals surface area contributed by atoms with Crippen molar-refractivity contribution in [1.82, 2.24) is 20.0 Å². The van der Waals surface area contributed by atoms with Crippen molar-refractivity contribution in [3.8, 4) is 0 Å². The largest absolute Gasteiger partial charge is 0.444 e. The number of hydrogen-bond donors (Lipinski definition) is 1. The molecule has 2 aromatic rings. The van der Waals surface area contributed by atoms with Crippen LogP contribution in [0.4, 0.5) is 16.2 Å². The van der Waals surface area contributed by atoms with E-state index in [1.54, 1.807) is 4.90 Å². The van der Waals surface area contributed by atoms with Gasteiger partial charge in [-0.15, -0.1) is 0 Å². The molecule has 260 valence electrons. The second-order valence-corrected chi connectivity index (χ2v) is 14.4. The molecule has 4 saturated heterocycles. The maximum absolute atomic E-state index is 12.2. The van der Waals surface area contributed by atoms with Crippen LogP contribution in [-0.2, 0) is 27.3 Å². The fourth-order valence-corrected chi connectivity index (χ4v) is 6.64. The summed E-state index contributed by atoms with van der Waals surface area (Å²) < 4.78 is 16.4. The molecule has 6 rings (SSSR count). The maximum Gasteiger partial charge on any atom is 0.410 e. The van der Waals surface area contributed by atoms with Gasteiger partial charge in [0.15, 0.2) is 0 Å². The van der Waals surface area contributed by atoms with Crippen LogP contribution in [0.15, 0.2) is 36.4 Å². The van der Waals surface area contributed by atoms with E-state index in [4.69, 9.17) is 37.4 Å². The molecule has 4 aliphatic rings. The number of carbonyl (C=O) groups is 1. The molecule has 12 heteroatoms. The van der Waals surface area contributed by atoms with Crippen molar-refractivity contribution in [3.05, 3.63) is 57.6 Å². The average molecular weight is 692 g/mol. The highest BCUT2D eigenvalue weighted by atomic mass is 35.5. The lowest BCUT2D eigenvalue weighted by molar-refractivity contribution is 0.0139. The molecular weight excluding hydrogens is 639 g/mol. The minimum absolute atomic E-state index is 0.220. The van der Waals surface area contributed by atoms with Gasteiger partial charge < -0.3 is 34.2 Å². The fraction of sp³-hybridized carbons (Fsp3) is 0.629. The van der Waals surface area contributed by atoms with E-state index in [0.29, 0.717) is 13.1 Å². The Balaban J connectivity index is 0.000000193. The van der Waals surface area contributed by atoms with Crippen molar-refractivity contribution in [2.75, 3.05) is 115 Å². The van der Waals surface area contributed by atoms with Crippen molar-refractivity contribution in [3.63, 3.8) is 0 Å². The summed E-state index contributed by atoms with van der Waals surface area (Å²) in [5, 5.41) is 4.97. The van der Waals surface area contributed by atoms with E-state index < -0.39 is 5.60 Å². The number of ether oxygens (including phenoxy) is 3. The predicted molar refractivity (Wildman–Crippen MR) is 190 cm³/mol. The number of halogens is 2. The number of rotatable bonds is 6. The summed E-state index contributed by atoms with van der Waals surface area (Å²) in [6.07, 6.45) is -0.220. The van der Waals surface area contributed by atoms with Gasteiger partial charge in [0, 0.05) is 113 Å². The van der Waals surface area contributed by atoms with Gasteiger partial charge >= 0.3 is 6.09 Å². The Labute approximate surface area is 290 Å². The highest BCUT2D eigenvalue weighted by Gasteiger charge is 2.27. The number of piperazine rings is 2. The van der Waals surface area contributed by atoms with E-state index in [-0.39, 0.29) is 6.09 Å². The quantitative estimate of drug-likeness (QED) is 0.460. The normalized spacial score (nSPS) is 20.1. The van der Waals surface area contributed by atoms with Crippen molar-refractivity contribution < 1.29 is 19.0 Å². The predicted octanol–water partition coefficient (Wildman–Crippen LogP) is 4.81. The van der Waals surface area contributed by atoms with E-state index in [9.17, 15) is 4.79 Å². The molecule has 2 aromatic carbocycles. The molecule has 0 radical (unpaired) electrons. The SMILES string of the molecule is CC(C)(C)OC(=O)N1CCN(Cc2ccc(Cl)cc2N2CCOCC2)CC1.Clc1ccc(CN2CCNCC2)c(N2CCOCC2)c1. The molecule has 0 atom stereocenters. The fourth-order valence-electron chi connectivity index (χ4n) is 6.30. The van der Waals surface area contributed by atoms with E-state index in [1.165, 1.54) is 22.5 Å². The number of nitrogens with zero attached hydrogens (tertiary/aromatic N) is 5. The molecule has 10 nitrogen and oxygen atoms in total. The van der Waals surface area contributed by atoms with E-state index in [0.717, 1.165) is 115 Å². The number of benzene rings is 2. The van der Waals surface area contributed by atoms with Crippen molar-refractivity contribution in [2.45, 2.75) is 39.5 Å². The molecular formula is C35H52Cl2N6O4. The van der Waals surface area contributed by atoms with Crippen LogP contribution in [0.3, 0.4) is 0 Å². The van der Waals surface area contributed by atoms with Gasteiger partial charge in [-0.25, -0.2) is 4.79 Å². The summed E-state index contributed by atoms with van der Waals surface area (Å²) in [5.74, 6) is 0. The van der Waals surface area contributed by atoms with Gasteiger partial charge in [-0.05, 0) is 56.2 Å². The molecule has 0 unspecified atom stereocenters. The van der Waals surface area contributed by atoms with Crippen LogP contribution in [0, 0.1) is 0 Å². The van der Waals surface area contributed by atoms with Crippen molar-refractivity contribution >= 4 is 40.7 Å². The number of nitrogens with one attached hydrogen (secondary N) is 1. The molecule has 0 aromatic heterocycles. The van der Waals surface area contributed by atoms with Gasteiger partial charge in [-0.1, -0.05) is 35.3 Å². The monoisotopic (exact) mass is 690 g/mol. The first kappa shape index (κ1) is 36.0. The van der Waals surface area contributed by atoms with Crippen molar-refractivity contribution in [2.24, 2.45) is 0 Å². The number of carbonyl (C=O) groups excluding carboxylic acids is 1. The number of hydrogen-bond acceptors (Lipinski definition) is 9. The summed E-state index contributed by atoms with van der Waals surface area (Å²) in [6.45, 7) is 21.8. The lowest BCUT2D eigenvalue weighted by Gasteiger charge is -2.37. The Bertz CT molecular complexity index is 1290. The van der Waals surface area contributed by atoms with Crippen LogP contribution in [-0.4, -0.2) is 131 Å². The first-order chi connectivity index (χ1) is 22.6. The van der Waals surface area contributed by atoms with Crippen LogP contribution in [0.25, 0.3) is 0 Å². The van der Waals surface area contributed by atoms with Crippen molar-refractivity contribution in [1.29, 1.82) is 0 Å². The van der Waals surface area contributed by atoms with E-state index in [1.807, 2.05) is 32.9 Å². The third kappa shape index (κ3) is 11.1. The minimum atomic E-state index is -0.454. The first-order valence-corrected chi connectivity index (χ1v) is 17.8. The average Bonchev–Trinajstić information content (AvgIpc) is 3.07. The zero-order valence-corrected chi connectivity index (χ0v) is 29.8. The Morgan fingerprint density at radius 2 is 1.15 bits per heavy atom. The standard InChI is InChI=1S/C20H30ClN3O3.C15H22ClN3O/c1-20(2,3)27-19(25)24-8-6-22(7-9-24)15-16-4-5-17(21)14-18(16)23-10-12-26-13-11-23;16-14-2-1-13(12-18-5-3-17-4-6-18)15(11-14)19-7-9-20-10-8-19/h4-5,14H,6-13,15H2,1-3H3;1-2,11,17H,3-10,12H2. The van der Waals surface area contributed by atoms with Gasteiger partial charge in [-0.2, -0.15) is 0 Å². The molecule has 47 heavy (non-hydrogen) atoms. The Hall–Kier alpha value is -2.31. The molecule has 4 heterocycles. The zero-order valence-electron chi connectivity index (χ0n) is 28.3. The third-order valence-electron chi connectivity index (χ3n) is 8.82. The van der Waals surface area contributed by atoms with Gasteiger partial charge in [0.1, 0.15) is 5.60 Å². The van der Waals surface area contributed by atoms with Gasteiger partial charge in [0.2, 0.25) is 0 Å². The molecule has 0 spiro atoms. The summed E-state index contributed by atoms with van der Waals surface area (Å²) in [5.41, 5.74) is 4.66. The van der Waals surface area contributed by atoms with E-state index >= 15 is 0 Å². The molecule has 0 bridgehead atoms. The zero-order chi connectivity index (χ0) is 33.2. The number of anilines is 2. The molecule has 4 fully saturated rings. The van der Waals surface area contributed by atoms with Crippen LogP contribution < -0.4 is 15.1 Å². The number of amides is 1. The van der Waals surface area contributed by atoms with Crippen LogP contribution >= 0.6 is 23.2 Å². The molecule has 4 aliphatic heterocycles. The third-order valence-corrected chi connectivity index (χ3v) is 9.29. The summed E-state index contributed by atoms with van der Waals surface area (Å²) in [7, 11) is 0. The number of morpholine rings is 2. The highest BCUT2D eigenvalue weighted by Crippen LogP contribution is 2.29. The van der Waals surface area contributed by atoms with Crippen LogP contribution in [0.1, 0.15) is 31.9 Å². The Morgan fingerprint density at radius 1 is 0.702 bits per heavy atom. The van der Waals surface area contributed by atoms with Crippen LogP contribution in [0.2, 0.25) is 10.0 Å².